The van der Waals surface area contributed by atoms with Gasteiger partial charge in [0.25, 0.3) is 0 Å². The summed E-state index contributed by atoms with van der Waals surface area (Å²) in [6.07, 6.45) is 1.88. The third-order valence-corrected chi connectivity index (χ3v) is 3.22. The molecule has 1 atom stereocenters. The van der Waals surface area contributed by atoms with Crippen molar-refractivity contribution < 1.29 is 19.4 Å². The van der Waals surface area contributed by atoms with Gasteiger partial charge in [0.2, 0.25) is 5.91 Å². The molecule has 6 heteroatoms. The predicted octanol–water partition coefficient (Wildman–Crippen LogP) is -0.902. The second-order valence-electron chi connectivity index (χ2n) is 4.31. The highest BCUT2D eigenvalue weighted by atomic mass is 16.5. The molecular formula is C10H16N2O4. The summed E-state index contributed by atoms with van der Waals surface area (Å²) < 4.78 is 5.16. The van der Waals surface area contributed by atoms with E-state index in [1.54, 1.807) is 0 Å². The van der Waals surface area contributed by atoms with Gasteiger partial charge in [-0.15, -0.1) is 0 Å². The molecule has 2 aliphatic rings. The van der Waals surface area contributed by atoms with Crippen LogP contribution in [0.2, 0.25) is 0 Å². The number of carboxylic acid groups (broad SMARTS) is 1. The van der Waals surface area contributed by atoms with Crippen LogP contribution < -0.4 is 10.6 Å². The maximum Gasteiger partial charge on any atom is 0.329 e. The maximum atomic E-state index is 11.8. The zero-order valence-corrected chi connectivity index (χ0v) is 8.99. The summed E-state index contributed by atoms with van der Waals surface area (Å²) in [5.74, 6) is -1.22. The first kappa shape index (κ1) is 11.3. The Morgan fingerprint density at radius 1 is 1.44 bits per heavy atom. The summed E-state index contributed by atoms with van der Waals surface area (Å²) in [4.78, 5) is 22.8. The summed E-state index contributed by atoms with van der Waals surface area (Å²) in [5.41, 5.74) is -1.03. The summed E-state index contributed by atoms with van der Waals surface area (Å²) in [7, 11) is 0. The van der Waals surface area contributed by atoms with Crippen molar-refractivity contribution in [3.63, 3.8) is 0 Å². The normalized spacial score (nSPS) is 27.9. The average molecular weight is 228 g/mol. The fraction of sp³-hybridized carbons (Fsp3) is 0.800. The molecule has 0 bridgehead atoms. The minimum Gasteiger partial charge on any atom is -0.480 e. The van der Waals surface area contributed by atoms with Crippen molar-refractivity contribution in [2.24, 2.45) is 0 Å². The van der Waals surface area contributed by atoms with E-state index in [-0.39, 0.29) is 5.91 Å². The van der Waals surface area contributed by atoms with E-state index in [9.17, 15) is 9.59 Å². The topological polar surface area (TPSA) is 87.7 Å². The standard InChI is InChI=1S/C10H16N2O4/c13-8(7-6-16-5-4-11-7)12-10(9(14)15)2-1-3-10/h7,11H,1-6H2,(H,12,13)(H,14,15). The molecular weight excluding hydrogens is 212 g/mol. The number of carbonyl (C=O) groups is 2. The smallest absolute Gasteiger partial charge is 0.329 e. The number of nitrogens with one attached hydrogen (secondary N) is 2. The highest BCUT2D eigenvalue weighted by Crippen LogP contribution is 2.32. The molecule has 16 heavy (non-hydrogen) atoms. The number of morpholine rings is 1. The molecule has 2 rings (SSSR count). The highest BCUT2D eigenvalue weighted by molar-refractivity contribution is 5.90. The fourth-order valence-electron chi connectivity index (χ4n) is 1.98. The summed E-state index contributed by atoms with van der Waals surface area (Å²) in [5, 5.41) is 14.7. The molecule has 3 N–H and O–H groups in total. The molecule has 6 nitrogen and oxygen atoms in total. The van der Waals surface area contributed by atoms with Crippen LogP contribution in [0.15, 0.2) is 0 Å². The van der Waals surface area contributed by atoms with Crippen molar-refractivity contribution in [3.05, 3.63) is 0 Å². The predicted molar refractivity (Wildman–Crippen MR) is 55.0 cm³/mol. The zero-order valence-electron chi connectivity index (χ0n) is 8.99. The van der Waals surface area contributed by atoms with Gasteiger partial charge in [-0.05, 0) is 19.3 Å². The average Bonchev–Trinajstić information content (AvgIpc) is 2.24. The fourth-order valence-corrected chi connectivity index (χ4v) is 1.98. The molecule has 0 aromatic carbocycles. The van der Waals surface area contributed by atoms with E-state index in [1.807, 2.05) is 0 Å². The summed E-state index contributed by atoms with van der Waals surface area (Å²) >= 11 is 0. The lowest BCUT2D eigenvalue weighted by Crippen LogP contribution is -2.63. The molecule has 1 saturated heterocycles. The molecule has 0 aromatic rings. The minimum atomic E-state index is -1.03. The Labute approximate surface area is 93.3 Å². The van der Waals surface area contributed by atoms with Gasteiger partial charge in [0, 0.05) is 6.54 Å². The van der Waals surface area contributed by atoms with E-state index in [1.165, 1.54) is 0 Å². The van der Waals surface area contributed by atoms with Gasteiger partial charge in [-0.3, -0.25) is 4.79 Å². The molecule has 0 spiro atoms. The van der Waals surface area contributed by atoms with E-state index in [4.69, 9.17) is 9.84 Å². The number of hydrogen-bond donors (Lipinski definition) is 3. The number of hydrogen-bond acceptors (Lipinski definition) is 4. The third kappa shape index (κ3) is 2.03. The van der Waals surface area contributed by atoms with Crippen LogP contribution in [0.25, 0.3) is 0 Å². The molecule has 1 heterocycles. The van der Waals surface area contributed by atoms with E-state index in [2.05, 4.69) is 10.6 Å². The lowest BCUT2D eigenvalue weighted by molar-refractivity contribution is -0.152. The van der Waals surface area contributed by atoms with Crippen LogP contribution in [-0.4, -0.2) is 48.3 Å². The van der Waals surface area contributed by atoms with Gasteiger partial charge >= 0.3 is 5.97 Å². The van der Waals surface area contributed by atoms with Crippen molar-refractivity contribution in [2.45, 2.75) is 30.8 Å². The number of carboxylic acids is 1. The minimum absolute atomic E-state index is 0.276. The van der Waals surface area contributed by atoms with E-state index in [0.29, 0.717) is 32.6 Å². The van der Waals surface area contributed by atoms with Crippen LogP contribution in [0, 0.1) is 0 Å². The van der Waals surface area contributed by atoms with Crippen LogP contribution in [-0.2, 0) is 14.3 Å². The maximum absolute atomic E-state index is 11.8. The molecule has 1 aliphatic heterocycles. The largest absolute Gasteiger partial charge is 0.480 e. The number of amides is 1. The van der Waals surface area contributed by atoms with Gasteiger partial charge in [-0.1, -0.05) is 0 Å². The molecule has 1 aliphatic carbocycles. The van der Waals surface area contributed by atoms with E-state index in [0.717, 1.165) is 6.42 Å². The van der Waals surface area contributed by atoms with Gasteiger partial charge in [0.15, 0.2) is 0 Å². The number of aliphatic carboxylic acids is 1. The van der Waals surface area contributed by atoms with Gasteiger partial charge in [0.05, 0.1) is 13.2 Å². The molecule has 0 radical (unpaired) electrons. The zero-order chi connectivity index (χ0) is 11.6. The lowest BCUT2D eigenvalue weighted by atomic mass is 9.76. The van der Waals surface area contributed by atoms with Gasteiger partial charge in [-0.25, -0.2) is 4.79 Å². The summed E-state index contributed by atoms with van der Waals surface area (Å²) in [6.45, 7) is 1.52. The Morgan fingerprint density at radius 2 is 2.19 bits per heavy atom. The number of ether oxygens (including phenoxy) is 1. The number of rotatable bonds is 3. The summed E-state index contributed by atoms with van der Waals surface area (Å²) in [6, 6.07) is -0.425. The van der Waals surface area contributed by atoms with Crippen LogP contribution in [0.5, 0.6) is 0 Å². The highest BCUT2D eigenvalue weighted by Gasteiger charge is 2.46. The van der Waals surface area contributed by atoms with Gasteiger partial charge in [0.1, 0.15) is 11.6 Å². The Kier molecular flexibility index (Phi) is 3.11. The molecule has 1 unspecified atom stereocenters. The quantitative estimate of drug-likeness (QED) is 0.582. The Hall–Kier alpha value is -1.14. The molecule has 1 saturated carbocycles. The van der Waals surface area contributed by atoms with E-state index >= 15 is 0 Å². The van der Waals surface area contributed by atoms with Crippen molar-refractivity contribution in [2.75, 3.05) is 19.8 Å². The second-order valence-corrected chi connectivity index (χ2v) is 4.31. The number of carbonyl (C=O) groups excluding carboxylic acids is 1. The lowest BCUT2D eigenvalue weighted by Gasteiger charge is -2.39. The Balaban J connectivity index is 1.92. The van der Waals surface area contributed by atoms with Crippen molar-refractivity contribution >= 4 is 11.9 Å². The molecule has 90 valence electrons. The first-order valence-corrected chi connectivity index (χ1v) is 5.51. The van der Waals surface area contributed by atoms with Crippen LogP contribution in [0.1, 0.15) is 19.3 Å². The van der Waals surface area contributed by atoms with Crippen LogP contribution in [0.4, 0.5) is 0 Å². The van der Waals surface area contributed by atoms with Gasteiger partial charge in [-0.2, -0.15) is 0 Å². The van der Waals surface area contributed by atoms with Crippen molar-refractivity contribution in [1.82, 2.24) is 10.6 Å². The van der Waals surface area contributed by atoms with Crippen LogP contribution in [0.3, 0.4) is 0 Å². The third-order valence-electron chi connectivity index (χ3n) is 3.22. The van der Waals surface area contributed by atoms with Crippen molar-refractivity contribution in [1.29, 1.82) is 0 Å². The Morgan fingerprint density at radius 3 is 2.62 bits per heavy atom. The van der Waals surface area contributed by atoms with E-state index < -0.39 is 17.6 Å². The van der Waals surface area contributed by atoms with Crippen molar-refractivity contribution in [3.8, 4) is 0 Å². The molecule has 2 fully saturated rings. The molecule has 0 aromatic heterocycles. The first-order valence-electron chi connectivity index (χ1n) is 5.51. The Bertz CT molecular complexity index is 295. The second kappa shape index (κ2) is 4.39. The molecule has 1 amide bonds. The SMILES string of the molecule is O=C(NC1(C(=O)O)CCC1)C1COCCN1. The van der Waals surface area contributed by atoms with Crippen LogP contribution >= 0.6 is 0 Å². The first-order chi connectivity index (χ1) is 7.64. The monoisotopic (exact) mass is 228 g/mol. The van der Waals surface area contributed by atoms with Gasteiger partial charge < -0.3 is 20.5 Å².